The van der Waals surface area contributed by atoms with E-state index in [4.69, 9.17) is 14.2 Å². The first-order valence-electron chi connectivity index (χ1n) is 9.52. The molecule has 0 aromatic heterocycles. The van der Waals surface area contributed by atoms with Crippen molar-refractivity contribution in [1.29, 1.82) is 0 Å². The quantitative estimate of drug-likeness (QED) is 0.305. The van der Waals surface area contributed by atoms with E-state index >= 15 is 0 Å². The normalized spacial score (nSPS) is 28.8. The Hall–Kier alpha value is -3.20. The summed E-state index contributed by atoms with van der Waals surface area (Å²) in [6.45, 7) is 2.33. The third-order valence-electron chi connectivity index (χ3n) is 5.62. The van der Waals surface area contributed by atoms with Crippen molar-refractivity contribution in [2.75, 3.05) is 23.9 Å². The van der Waals surface area contributed by atoms with Crippen LogP contribution in [0.15, 0.2) is 36.4 Å². The molecule has 9 heteroatoms. The number of amides is 2. The Morgan fingerprint density at radius 1 is 1.07 bits per heavy atom. The lowest BCUT2D eigenvalue weighted by molar-refractivity contribution is -0.226. The van der Waals surface area contributed by atoms with Crippen LogP contribution in [0.4, 0.5) is 11.4 Å². The van der Waals surface area contributed by atoms with Crippen LogP contribution < -0.4 is 9.80 Å². The molecule has 0 unspecified atom stereocenters. The number of fused-ring (bicyclic) bond motifs is 5. The summed E-state index contributed by atoms with van der Waals surface area (Å²) in [5, 5.41) is 0. The van der Waals surface area contributed by atoms with Gasteiger partial charge in [0.25, 0.3) is 6.29 Å². The van der Waals surface area contributed by atoms with Gasteiger partial charge in [-0.25, -0.2) is 4.90 Å². The van der Waals surface area contributed by atoms with E-state index in [-0.39, 0.29) is 0 Å². The maximum atomic E-state index is 13.4. The van der Waals surface area contributed by atoms with Gasteiger partial charge in [0.1, 0.15) is 0 Å². The first-order chi connectivity index (χ1) is 14.2. The smallest absolute Gasteiger partial charge is 0.305 e. The molecule has 3 aliphatic rings. The van der Waals surface area contributed by atoms with E-state index in [1.54, 1.807) is 24.3 Å². The minimum atomic E-state index is -1.54. The zero-order chi connectivity index (χ0) is 21.8. The molecule has 1 aromatic rings. The second kappa shape index (κ2) is 6.94. The molecule has 30 heavy (non-hydrogen) atoms. The van der Waals surface area contributed by atoms with E-state index < -0.39 is 53.6 Å². The number of rotatable bonds is 5. The number of hydrogen-bond donors (Lipinski definition) is 0. The minimum absolute atomic E-state index is 0.400. The average molecular weight is 414 g/mol. The molecular formula is C21H22N2O7. The van der Waals surface area contributed by atoms with Gasteiger partial charge >= 0.3 is 11.9 Å². The van der Waals surface area contributed by atoms with Crippen LogP contribution in [-0.2, 0) is 33.4 Å². The number of imide groups is 1. The number of nitrogens with zero attached hydrogens (tertiary/aromatic N) is 2. The summed E-state index contributed by atoms with van der Waals surface area (Å²) in [5.74, 6) is -4.05. The molecule has 2 fully saturated rings. The summed E-state index contributed by atoms with van der Waals surface area (Å²) in [5.41, 5.74) is -0.182. The van der Waals surface area contributed by atoms with Gasteiger partial charge in [-0.1, -0.05) is 6.08 Å². The Labute approximate surface area is 173 Å². The van der Waals surface area contributed by atoms with Gasteiger partial charge in [-0.05, 0) is 30.3 Å². The van der Waals surface area contributed by atoms with Crippen LogP contribution in [0.3, 0.4) is 0 Å². The highest BCUT2D eigenvalue weighted by Crippen LogP contribution is 2.54. The number of carbonyl (C=O) groups excluding carboxylic acids is 4. The number of hydrogen-bond acceptors (Lipinski definition) is 8. The predicted molar refractivity (Wildman–Crippen MR) is 104 cm³/mol. The summed E-state index contributed by atoms with van der Waals surface area (Å²) in [7, 11) is 3.78. The average Bonchev–Trinajstić information content (AvgIpc) is 3.32. The zero-order valence-corrected chi connectivity index (χ0v) is 17.0. The van der Waals surface area contributed by atoms with Crippen molar-refractivity contribution in [3.63, 3.8) is 0 Å². The van der Waals surface area contributed by atoms with Gasteiger partial charge in [0.05, 0.1) is 23.6 Å². The molecule has 1 aromatic carbocycles. The second-order valence-corrected chi connectivity index (χ2v) is 7.77. The molecule has 4 atom stereocenters. The number of benzene rings is 1. The fourth-order valence-electron chi connectivity index (χ4n) is 4.37. The summed E-state index contributed by atoms with van der Waals surface area (Å²) in [4.78, 5) is 52.8. The standard InChI is InChI=1S/C21H22N2O7/c1-11(24)28-20(29-12(2)25)21-10-9-15(30-21)16-17(21)19(27)23(18(16)26)14-7-5-13(6-8-14)22(3)4/h5-10,15-17,20H,1-4H3/t15-,16-,17+,21+/m1/s1. The summed E-state index contributed by atoms with van der Waals surface area (Å²) >= 11 is 0. The van der Waals surface area contributed by atoms with Crippen molar-refractivity contribution >= 4 is 35.1 Å². The van der Waals surface area contributed by atoms with Crippen LogP contribution >= 0.6 is 0 Å². The van der Waals surface area contributed by atoms with Gasteiger partial charge in [0, 0.05) is 33.6 Å². The summed E-state index contributed by atoms with van der Waals surface area (Å²) in [6.07, 6.45) is 1.05. The van der Waals surface area contributed by atoms with Gasteiger partial charge in [0.15, 0.2) is 5.60 Å². The van der Waals surface area contributed by atoms with Crippen LogP contribution in [0.5, 0.6) is 0 Å². The highest BCUT2D eigenvalue weighted by atomic mass is 16.7. The van der Waals surface area contributed by atoms with Crippen LogP contribution in [0.1, 0.15) is 13.8 Å². The Balaban J connectivity index is 1.71. The van der Waals surface area contributed by atoms with Crippen LogP contribution in [0.25, 0.3) is 0 Å². The molecule has 3 heterocycles. The topological polar surface area (TPSA) is 102 Å². The van der Waals surface area contributed by atoms with Crippen molar-refractivity contribution in [1.82, 2.24) is 0 Å². The predicted octanol–water partition coefficient (Wildman–Crippen LogP) is 1.02. The van der Waals surface area contributed by atoms with Crippen molar-refractivity contribution in [2.45, 2.75) is 31.8 Å². The van der Waals surface area contributed by atoms with E-state index in [2.05, 4.69) is 0 Å². The molecule has 2 saturated heterocycles. The molecule has 3 aliphatic heterocycles. The van der Waals surface area contributed by atoms with Crippen molar-refractivity contribution in [3.8, 4) is 0 Å². The largest absolute Gasteiger partial charge is 0.422 e. The lowest BCUT2D eigenvalue weighted by Crippen LogP contribution is -2.52. The number of anilines is 2. The van der Waals surface area contributed by atoms with Crippen molar-refractivity contribution in [3.05, 3.63) is 36.4 Å². The minimum Gasteiger partial charge on any atom is -0.422 e. The molecule has 0 aliphatic carbocycles. The number of esters is 2. The Morgan fingerprint density at radius 2 is 1.67 bits per heavy atom. The van der Waals surface area contributed by atoms with E-state index in [1.165, 1.54) is 0 Å². The molecule has 9 nitrogen and oxygen atoms in total. The summed E-state index contributed by atoms with van der Waals surface area (Å²) < 4.78 is 16.3. The first kappa shape index (κ1) is 20.1. The maximum absolute atomic E-state index is 13.4. The van der Waals surface area contributed by atoms with E-state index in [0.717, 1.165) is 24.4 Å². The monoisotopic (exact) mass is 414 g/mol. The highest BCUT2D eigenvalue weighted by Gasteiger charge is 2.72. The van der Waals surface area contributed by atoms with Gasteiger partial charge in [0.2, 0.25) is 11.8 Å². The first-order valence-corrected chi connectivity index (χ1v) is 9.52. The second-order valence-electron chi connectivity index (χ2n) is 7.77. The highest BCUT2D eigenvalue weighted by molar-refractivity contribution is 6.23. The van der Waals surface area contributed by atoms with Crippen molar-refractivity contribution in [2.24, 2.45) is 11.8 Å². The Bertz CT molecular complexity index is 939. The van der Waals surface area contributed by atoms with Gasteiger partial charge in [-0.2, -0.15) is 0 Å². The fraction of sp³-hybridized carbons (Fsp3) is 0.429. The molecule has 2 amide bonds. The molecule has 2 bridgehead atoms. The molecule has 158 valence electrons. The maximum Gasteiger partial charge on any atom is 0.305 e. The molecular weight excluding hydrogens is 392 g/mol. The molecule has 0 spiro atoms. The van der Waals surface area contributed by atoms with Crippen LogP contribution in [0, 0.1) is 11.8 Å². The third kappa shape index (κ3) is 2.88. The SMILES string of the molecule is CC(=O)OC(OC(C)=O)[C@@]12C=C[C@@H](O1)[C@H]1C(=O)N(c3ccc(N(C)C)cc3)C(=O)[C@H]12. The van der Waals surface area contributed by atoms with E-state index in [1.807, 2.05) is 31.1 Å². The molecule has 0 radical (unpaired) electrons. The van der Waals surface area contributed by atoms with Gasteiger partial charge in [-0.3, -0.25) is 19.2 Å². The lowest BCUT2D eigenvalue weighted by Gasteiger charge is -2.34. The van der Waals surface area contributed by atoms with Crippen LogP contribution in [-0.4, -0.2) is 55.8 Å². The zero-order valence-electron chi connectivity index (χ0n) is 17.0. The number of carbonyl (C=O) groups is 4. The van der Waals surface area contributed by atoms with Crippen molar-refractivity contribution < 1.29 is 33.4 Å². The fourth-order valence-corrected chi connectivity index (χ4v) is 4.37. The lowest BCUT2D eigenvalue weighted by atomic mass is 9.76. The molecule has 0 saturated carbocycles. The summed E-state index contributed by atoms with van der Waals surface area (Å²) in [6, 6.07) is 7.02. The molecule has 0 N–H and O–H groups in total. The third-order valence-corrected chi connectivity index (χ3v) is 5.62. The van der Waals surface area contributed by atoms with E-state index in [0.29, 0.717) is 5.69 Å². The Kier molecular flexibility index (Phi) is 4.65. The Morgan fingerprint density at radius 3 is 2.20 bits per heavy atom. The van der Waals surface area contributed by atoms with Gasteiger partial charge in [-0.15, -0.1) is 0 Å². The number of ether oxygens (including phenoxy) is 3. The van der Waals surface area contributed by atoms with E-state index in [9.17, 15) is 19.2 Å². The van der Waals surface area contributed by atoms with Gasteiger partial charge < -0.3 is 19.1 Å². The van der Waals surface area contributed by atoms with Crippen LogP contribution in [0.2, 0.25) is 0 Å². The molecule has 4 rings (SSSR count).